The van der Waals surface area contributed by atoms with E-state index in [-0.39, 0.29) is 12.3 Å². The molecule has 0 aliphatic carbocycles. The second-order valence-corrected chi connectivity index (χ2v) is 3.96. The van der Waals surface area contributed by atoms with Crippen molar-refractivity contribution in [3.8, 4) is 0 Å². The lowest BCUT2D eigenvalue weighted by Gasteiger charge is -2.06. The highest BCUT2D eigenvalue weighted by atomic mass is 16.5. The topological polar surface area (TPSA) is 89.3 Å². The van der Waals surface area contributed by atoms with Crippen molar-refractivity contribution in [1.29, 1.82) is 0 Å². The van der Waals surface area contributed by atoms with Gasteiger partial charge in [-0.25, -0.2) is 0 Å². The minimum Gasteiger partial charge on any atom is -0.481 e. The molecule has 1 rings (SSSR count). The average Bonchev–Trinajstić information content (AvgIpc) is 2.47. The van der Waals surface area contributed by atoms with E-state index in [4.69, 9.17) is 15.4 Å². The summed E-state index contributed by atoms with van der Waals surface area (Å²) >= 11 is 0. The number of nitrogens with two attached hydrogens (primary N) is 1. The van der Waals surface area contributed by atoms with E-state index in [1.54, 1.807) is 6.92 Å². The van der Waals surface area contributed by atoms with Gasteiger partial charge in [0.15, 0.2) is 0 Å². The van der Waals surface area contributed by atoms with Gasteiger partial charge in [0.25, 0.3) is 0 Å². The molecule has 16 heavy (non-hydrogen) atoms. The van der Waals surface area contributed by atoms with Gasteiger partial charge in [-0.2, -0.15) is 0 Å². The third-order valence-corrected chi connectivity index (χ3v) is 2.48. The first kappa shape index (κ1) is 12.3. The summed E-state index contributed by atoms with van der Waals surface area (Å²) in [4.78, 5) is 10.7. The molecule has 1 aromatic rings. The van der Waals surface area contributed by atoms with E-state index < -0.39 is 5.97 Å². The molecule has 0 bridgehead atoms. The Morgan fingerprint density at radius 2 is 2.12 bits per heavy atom. The predicted octanol–water partition coefficient (Wildman–Crippen LogP) is 1.92. The van der Waals surface area contributed by atoms with Gasteiger partial charge in [-0.1, -0.05) is 16.3 Å². The number of aryl methyl sites for hydroxylation is 1. The summed E-state index contributed by atoms with van der Waals surface area (Å²) in [5.74, 6) is -0.578. The highest BCUT2D eigenvalue weighted by Crippen LogP contribution is 2.22. The van der Waals surface area contributed by atoms with Crippen molar-refractivity contribution in [3.05, 3.63) is 22.4 Å². The summed E-state index contributed by atoms with van der Waals surface area (Å²) in [6, 6.07) is 0. The summed E-state index contributed by atoms with van der Waals surface area (Å²) in [7, 11) is 0. The highest BCUT2D eigenvalue weighted by molar-refractivity contribution is 5.70. The summed E-state index contributed by atoms with van der Waals surface area (Å²) in [5, 5.41) is 12.5. The fraction of sp³-hybridized carbons (Fsp3) is 0.455. The lowest BCUT2D eigenvalue weighted by atomic mass is 9.99. The molecule has 88 valence electrons. The zero-order valence-electron chi connectivity index (χ0n) is 9.70. The number of carboxylic acid groups (broad SMARTS) is 1. The molecule has 1 aromatic heterocycles. The molecule has 0 unspecified atom stereocenters. The number of allylic oxidation sites excluding steroid dienone is 1. The Bertz CT molecular complexity index is 409. The predicted molar refractivity (Wildman–Crippen MR) is 60.0 cm³/mol. The van der Waals surface area contributed by atoms with E-state index in [2.05, 4.69) is 5.16 Å². The van der Waals surface area contributed by atoms with Crippen LogP contribution in [0.1, 0.15) is 31.5 Å². The van der Waals surface area contributed by atoms with Crippen LogP contribution in [0.15, 0.2) is 15.7 Å². The average molecular weight is 224 g/mol. The van der Waals surface area contributed by atoms with Crippen molar-refractivity contribution in [1.82, 2.24) is 5.16 Å². The number of hydrogen-bond donors (Lipinski definition) is 2. The van der Waals surface area contributed by atoms with Crippen molar-refractivity contribution >= 4 is 11.9 Å². The van der Waals surface area contributed by atoms with Gasteiger partial charge in [0, 0.05) is 12.0 Å². The van der Waals surface area contributed by atoms with Crippen molar-refractivity contribution in [2.45, 2.75) is 33.6 Å². The quantitative estimate of drug-likeness (QED) is 0.762. The van der Waals surface area contributed by atoms with Gasteiger partial charge in [0.05, 0.1) is 12.1 Å². The summed E-state index contributed by atoms with van der Waals surface area (Å²) < 4.78 is 4.84. The summed E-state index contributed by atoms with van der Waals surface area (Å²) in [5.41, 5.74) is 8.93. The van der Waals surface area contributed by atoms with Crippen molar-refractivity contribution in [2.24, 2.45) is 0 Å². The smallest absolute Gasteiger partial charge is 0.307 e. The molecule has 1 heterocycles. The number of rotatable bonds is 4. The van der Waals surface area contributed by atoms with Crippen molar-refractivity contribution in [2.75, 3.05) is 5.73 Å². The molecule has 0 atom stereocenters. The van der Waals surface area contributed by atoms with Gasteiger partial charge in [-0.15, -0.1) is 0 Å². The second-order valence-electron chi connectivity index (χ2n) is 3.96. The van der Waals surface area contributed by atoms with Gasteiger partial charge in [0.1, 0.15) is 0 Å². The lowest BCUT2D eigenvalue weighted by Crippen LogP contribution is -2.03. The van der Waals surface area contributed by atoms with Crippen LogP contribution in [-0.2, 0) is 11.2 Å². The standard InChI is InChI=1S/C11H16N2O3/c1-6(2)8(5-10(14)15)4-9-7(3)13-16-11(9)12/h4-5,12H2,1-3H3,(H,14,15). The Morgan fingerprint density at radius 3 is 2.50 bits per heavy atom. The molecule has 0 fully saturated rings. The first-order chi connectivity index (χ1) is 7.41. The highest BCUT2D eigenvalue weighted by Gasteiger charge is 2.14. The first-order valence-electron chi connectivity index (χ1n) is 4.99. The number of anilines is 1. The van der Waals surface area contributed by atoms with Crippen LogP contribution in [0.2, 0.25) is 0 Å². The number of hydrogen-bond acceptors (Lipinski definition) is 4. The minimum absolute atomic E-state index is 0.0202. The first-order valence-corrected chi connectivity index (χ1v) is 4.99. The largest absolute Gasteiger partial charge is 0.481 e. The maximum atomic E-state index is 10.7. The van der Waals surface area contributed by atoms with E-state index in [9.17, 15) is 4.79 Å². The molecule has 0 saturated carbocycles. The van der Waals surface area contributed by atoms with Crippen LogP contribution < -0.4 is 5.73 Å². The van der Waals surface area contributed by atoms with Crippen LogP contribution in [0.4, 0.5) is 5.88 Å². The maximum absolute atomic E-state index is 10.7. The fourth-order valence-electron chi connectivity index (χ4n) is 1.43. The summed E-state index contributed by atoms with van der Waals surface area (Å²) in [6.07, 6.45) is 0.502. The number of nitrogen functional groups attached to an aromatic ring is 1. The maximum Gasteiger partial charge on any atom is 0.307 e. The van der Waals surface area contributed by atoms with Gasteiger partial charge in [-0.05, 0) is 20.8 Å². The molecule has 0 amide bonds. The molecule has 0 saturated heterocycles. The fourth-order valence-corrected chi connectivity index (χ4v) is 1.43. The van der Waals surface area contributed by atoms with E-state index >= 15 is 0 Å². The second kappa shape index (κ2) is 4.83. The SMILES string of the molecule is CC(C)=C(CC(=O)O)Cc1c(C)noc1N. The zero-order valence-corrected chi connectivity index (χ0v) is 9.70. The molecule has 0 aliphatic heterocycles. The number of nitrogens with zero attached hydrogens (tertiary/aromatic N) is 1. The Kier molecular flexibility index (Phi) is 3.71. The molecule has 5 nitrogen and oxygen atoms in total. The third kappa shape index (κ3) is 2.85. The lowest BCUT2D eigenvalue weighted by molar-refractivity contribution is -0.136. The molecule has 5 heteroatoms. The minimum atomic E-state index is -0.844. The molecular weight excluding hydrogens is 208 g/mol. The summed E-state index contributed by atoms with van der Waals surface area (Å²) in [6.45, 7) is 5.56. The van der Waals surface area contributed by atoms with E-state index in [1.165, 1.54) is 0 Å². The molecule has 0 spiro atoms. The zero-order chi connectivity index (χ0) is 12.3. The van der Waals surface area contributed by atoms with Crippen LogP contribution >= 0.6 is 0 Å². The Hall–Kier alpha value is -1.78. The number of aromatic nitrogens is 1. The van der Waals surface area contributed by atoms with Crippen LogP contribution in [0.25, 0.3) is 0 Å². The molecule has 0 aromatic carbocycles. The molecule has 0 radical (unpaired) electrons. The Labute approximate surface area is 93.9 Å². The third-order valence-electron chi connectivity index (χ3n) is 2.48. The van der Waals surface area contributed by atoms with E-state index in [0.717, 1.165) is 16.7 Å². The van der Waals surface area contributed by atoms with Gasteiger partial charge in [-0.3, -0.25) is 4.79 Å². The molecule has 3 N–H and O–H groups in total. The number of carboxylic acids is 1. The number of carbonyl (C=O) groups is 1. The van der Waals surface area contributed by atoms with Gasteiger partial charge < -0.3 is 15.4 Å². The van der Waals surface area contributed by atoms with Gasteiger partial charge in [0.2, 0.25) is 5.88 Å². The Balaban J connectivity index is 2.94. The van der Waals surface area contributed by atoms with Crippen LogP contribution in [-0.4, -0.2) is 16.2 Å². The molecule has 0 aliphatic rings. The van der Waals surface area contributed by atoms with Crippen LogP contribution in [0.5, 0.6) is 0 Å². The van der Waals surface area contributed by atoms with Crippen molar-refractivity contribution < 1.29 is 14.4 Å². The monoisotopic (exact) mass is 224 g/mol. The van der Waals surface area contributed by atoms with Gasteiger partial charge >= 0.3 is 5.97 Å². The molecular formula is C11H16N2O3. The van der Waals surface area contributed by atoms with E-state index in [1.807, 2.05) is 13.8 Å². The Morgan fingerprint density at radius 1 is 1.50 bits per heavy atom. The number of aliphatic carboxylic acids is 1. The normalized spacial score (nSPS) is 10.2. The van der Waals surface area contributed by atoms with Crippen LogP contribution in [0.3, 0.4) is 0 Å². The van der Waals surface area contributed by atoms with E-state index in [0.29, 0.717) is 12.1 Å². The van der Waals surface area contributed by atoms with Crippen molar-refractivity contribution in [3.63, 3.8) is 0 Å². The van der Waals surface area contributed by atoms with Crippen LogP contribution in [0, 0.1) is 6.92 Å².